The molecule has 10 nitrogen and oxygen atoms in total. The molecule has 4 rings (SSSR count). The second kappa shape index (κ2) is 13.3. The fraction of sp³-hybridized carbons (Fsp3) is 0.593. The fourth-order valence-electron chi connectivity index (χ4n) is 4.96. The van der Waals surface area contributed by atoms with E-state index in [2.05, 4.69) is 46.8 Å². The highest BCUT2D eigenvalue weighted by Gasteiger charge is 2.21. The lowest BCUT2D eigenvalue weighted by Crippen LogP contribution is -2.29. The summed E-state index contributed by atoms with van der Waals surface area (Å²) in [6.45, 7) is 2.84. The monoisotopic (exact) mass is 543 g/mol. The van der Waals surface area contributed by atoms with Gasteiger partial charge in [0.05, 0.1) is 18.2 Å². The molecule has 0 radical (unpaired) electrons. The highest BCUT2D eigenvalue weighted by molar-refractivity contribution is 7.89. The number of unbranched alkanes of at least 4 members (excludes halogenated alkanes) is 5. The highest BCUT2D eigenvalue weighted by atomic mass is 32.2. The summed E-state index contributed by atoms with van der Waals surface area (Å²) in [5.41, 5.74) is 3.77. The van der Waals surface area contributed by atoms with E-state index in [1.54, 1.807) is 6.33 Å². The van der Waals surface area contributed by atoms with Gasteiger partial charge >= 0.3 is 0 Å². The Balaban J connectivity index is 1.32. The zero-order valence-electron chi connectivity index (χ0n) is 22.3. The molecule has 0 bridgehead atoms. The van der Waals surface area contributed by atoms with E-state index in [1.165, 1.54) is 5.56 Å². The molecule has 0 unspecified atom stereocenters. The standard InChI is InChI=1S/C27H41N7O3S/c1-2-34-19-29-24-25(32-27(33-26(24)34)31-22-14-16-23(35)17-15-22)30-21-12-10-20(11-13-21)9-7-5-3-4-6-8-18-38(28,36)37/h10-13,19,22-23,35H,2-9,14-18H2,1H3,(H2,28,36,37)(H2,30,31,32,33)/t22-,23-. The van der Waals surface area contributed by atoms with Crippen molar-refractivity contribution in [1.82, 2.24) is 19.5 Å². The third-order valence-electron chi connectivity index (χ3n) is 7.20. The predicted molar refractivity (Wildman–Crippen MR) is 152 cm³/mol. The number of nitrogens with zero attached hydrogens (tertiary/aromatic N) is 4. The number of hydrogen-bond donors (Lipinski definition) is 4. The quantitative estimate of drug-likeness (QED) is 0.218. The van der Waals surface area contributed by atoms with Crippen LogP contribution in [0.1, 0.15) is 76.7 Å². The van der Waals surface area contributed by atoms with Gasteiger partial charge in [0.2, 0.25) is 16.0 Å². The van der Waals surface area contributed by atoms with Crippen molar-refractivity contribution in [2.75, 3.05) is 16.4 Å². The second-order valence-electron chi connectivity index (χ2n) is 10.3. The van der Waals surface area contributed by atoms with Gasteiger partial charge in [0.15, 0.2) is 17.0 Å². The van der Waals surface area contributed by atoms with Crippen LogP contribution >= 0.6 is 0 Å². The molecule has 2 heterocycles. The molecule has 38 heavy (non-hydrogen) atoms. The number of anilines is 3. The molecule has 1 aromatic carbocycles. The largest absolute Gasteiger partial charge is 0.393 e. The summed E-state index contributed by atoms with van der Waals surface area (Å²) in [7, 11) is -3.33. The van der Waals surface area contributed by atoms with E-state index in [-0.39, 0.29) is 17.9 Å². The van der Waals surface area contributed by atoms with Gasteiger partial charge in [-0.05, 0) is 69.6 Å². The molecule has 208 valence electrons. The van der Waals surface area contributed by atoms with Crippen molar-refractivity contribution >= 4 is 38.6 Å². The molecule has 11 heteroatoms. The van der Waals surface area contributed by atoms with Gasteiger partial charge in [0.25, 0.3) is 0 Å². The Kier molecular flexibility index (Phi) is 9.92. The molecule has 5 N–H and O–H groups in total. The Morgan fingerprint density at radius 2 is 1.68 bits per heavy atom. The van der Waals surface area contributed by atoms with Crippen LogP contribution in [0.2, 0.25) is 0 Å². The van der Waals surface area contributed by atoms with Crippen molar-refractivity contribution in [3.63, 3.8) is 0 Å². The minimum absolute atomic E-state index is 0.0811. The van der Waals surface area contributed by atoms with Crippen molar-refractivity contribution in [1.29, 1.82) is 0 Å². The van der Waals surface area contributed by atoms with Gasteiger partial charge in [-0.15, -0.1) is 0 Å². The number of aryl methyl sites for hydroxylation is 2. The lowest BCUT2D eigenvalue weighted by atomic mass is 9.93. The van der Waals surface area contributed by atoms with Crippen LogP contribution in [0.25, 0.3) is 11.2 Å². The number of sulfonamides is 1. The zero-order chi connectivity index (χ0) is 27.0. The zero-order valence-corrected chi connectivity index (χ0v) is 23.1. The van der Waals surface area contributed by atoms with Crippen LogP contribution in [-0.2, 0) is 23.0 Å². The summed E-state index contributed by atoms with van der Waals surface area (Å²) >= 11 is 0. The van der Waals surface area contributed by atoms with Crippen LogP contribution in [0.5, 0.6) is 0 Å². The smallest absolute Gasteiger partial charge is 0.227 e. The molecule has 1 aliphatic rings. The van der Waals surface area contributed by atoms with Crippen LogP contribution < -0.4 is 15.8 Å². The Bertz CT molecular complexity index is 1270. The summed E-state index contributed by atoms with van der Waals surface area (Å²) < 4.78 is 24.0. The maximum Gasteiger partial charge on any atom is 0.227 e. The van der Waals surface area contributed by atoms with Gasteiger partial charge in [-0.3, -0.25) is 0 Å². The summed E-state index contributed by atoms with van der Waals surface area (Å²) in [6.07, 6.45) is 11.9. The summed E-state index contributed by atoms with van der Waals surface area (Å²) in [4.78, 5) is 14.1. The molecule has 0 spiro atoms. The third kappa shape index (κ3) is 8.37. The number of aliphatic hydroxyl groups excluding tert-OH is 1. The molecule has 0 aliphatic heterocycles. The SMILES string of the molecule is CCn1cnc2c(Nc3ccc(CCCCCCCCS(N)(=O)=O)cc3)nc(N[C@H]3CC[C@H](O)CC3)nc21. The summed E-state index contributed by atoms with van der Waals surface area (Å²) in [6, 6.07) is 8.68. The van der Waals surface area contributed by atoms with Crippen LogP contribution in [0, 0.1) is 0 Å². The summed E-state index contributed by atoms with van der Waals surface area (Å²) in [5.74, 6) is 1.34. The van der Waals surface area contributed by atoms with Gasteiger partial charge in [0, 0.05) is 18.3 Å². The van der Waals surface area contributed by atoms with E-state index < -0.39 is 10.0 Å². The van der Waals surface area contributed by atoms with E-state index >= 15 is 0 Å². The van der Waals surface area contributed by atoms with Crippen molar-refractivity contribution in [3.8, 4) is 0 Å². The Hall–Kier alpha value is -2.76. The van der Waals surface area contributed by atoms with Crippen LogP contribution in [0.4, 0.5) is 17.5 Å². The number of hydrogen-bond acceptors (Lipinski definition) is 8. The molecular weight excluding hydrogens is 502 g/mol. The second-order valence-corrected chi connectivity index (χ2v) is 12.0. The number of fused-ring (bicyclic) bond motifs is 1. The van der Waals surface area contributed by atoms with Crippen molar-refractivity contribution in [3.05, 3.63) is 36.2 Å². The summed E-state index contributed by atoms with van der Waals surface area (Å²) in [5, 5.41) is 21.8. The van der Waals surface area contributed by atoms with E-state index in [0.29, 0.717) is 18.2 Å². The topological polar surface area (TPSA) is 148 Å². The molecule has 2 aromatic heterocycles. The normalized spacial score (nSPS) is 18.1. The van der Waals surface area contributed by atoms with Gasteiger partial charge in [-0.1, -0.05) is 37.8 Å². The highest BCUT2D eigenvalue weighted by Crippen LogP contribution is 2.27. The molecule has 1 saturated carbocycles. The number of nitrogens with two attached hydrogens (primary N) is 1. The lowest BCUT2D eigenvalue weighted by molar-refractivity contribution is 0.126. The Morgan fingerprint density at radius 3 is 2.37 bits per heavy atom. The molecule has 1 aliphatic carbocycles. The first-order chi connectivity index (χ1) is 18.3. The minimum Gasteiger partial charge on any atom is -0.393 e. The lowest BCUT2D eigenvalue weighted by Gasteiger charge is -2.26. The maximum atomic E-state index is 11.0. The minimum atomic E-state index is -3.33. The molecule has 3 aromatic rings. The number of benzene rings is 1. The number of imidazole rings is 1. The Labute approximate surface area is 225 Å². The molecule has 1 fully saturated rings. The van der Waals surface area contributed by atoms with E-state index in [1.807, 2.05) is 4.57 Å². The van der Waals surface area contributed by atoms with Crippen molar-refractivity contribution < 1.29 is 13.5 Å². The number of primary sulfonamides is 1. The van der Waals surface area contributed by atoms with Gasteiger partial charge < -0.3 is 20.3 Å². The first-order valence-electron chi connectivity index (χ1n) is 13.8. The van der Waals surface area contributed by atoms with Gasteiger partial charge in [-0.2, -0.15) is 9.97 Å². The van der Waals surface area contributed by atoms with Crippen molar-refractivity contribution in [2.24, 2.45) is 5.14 Å². The number of aromatic nitrogens is 4. The molecule has 0 atom stereocenters. The van der Waals surface area contributed by atoms with Crippen LogP contribution in [0.15, 0.2) is 30.6 Å². The molecular formula is C27H41N7O3S. The average molecular weight is 544 g/mol. The maximum absolute atomic E-state index is 11.0. The Morgan fingerprint density at radius 1 is 1.00 bits per heavy atom. The first kappa shape index (κ1) is 28.3. The number of rotatable bonds is 14. The predicted octanol–water partition coefficient (Wildman–Crippen LogP) is 4.48. The van der Waals surface area contributed by atoms with Crippen LogP contribution in [0.3, 0.4) is 0 Å². The third-order valence-corrected chi connectivity index (χ3v) is 8.05. The van der Waals surface area contributed by atoms with Gasteiger partial charge in [0.1, 0.15) is 0 Å². The van der Waals surface area contributed by atoms with Crippen molar-refractivity contribution in [2.45, 2.75) is 96.2 Å². The van der Waals surface area contributed by atoms with Crippen LogP contribution in [-0.4, -0.2) is 50.9 Å². The molecule has 0 saturated heterocycles. The first-order valence-corrected chi connectivity index (χ1v) is 15.6. The van der Waals surface area contributed by atoms with E-state index in [4.69, 9.17) is 15.1 Å². The number of aliphatic hydroxyl groups is 1. The van der Waals surface area contributed by atoms with E-state index in [0.717, 1.165) is 87.6 Å². The number of nitrogens with one attached hydrogen (secondary N) is 2. The average Bonchev–Trinajstić information content (AvgIpc) is 3.31. The molecule has 0 amide bonds. The van der Waals surface area contributed by atoms with E-state index in [9.17, 15) is 13.5 Å². The van der Waals surface area contributed by atoms with Gasteiger partial charge in [-0.25, -0.2) is 18.5 Å². The fourth-order valence-corrected chi connectivity index (χ4v) is 5.57.